The molecule has 0 aliphatic rings. The molecular formula is C22H16N2O3. The Balaban J connectivity index is 1.51. The molecule has 1 heterocycles. The van der Waals surface area contributed by atoms with Gasteiger partial charge in [-0.25, -0.2) is 4.79 Å². The monoisotopic (exact) mass is 356 g/mol. The van der Waals surface area contributed by atoms with Crippen LogP contribution in [0.3, 0.4) is 0 Å². The molecule has 4 rings (SSSR count). The molecule has 0 fully saturated rings. The molecule has 0 radical (unpaired) electrons. The first-order chi connectivity index (χ1) is 13.2. The van der Waals surface area contributed by atoms with Crippen LogP contribution in [0.5, 0.6) is 0 Å². The smallest absolute Gasteiger partial charge is 0.349 e. The van der Waals surface area contributed by atoms with Gasteiger partial charge in [-0.3, -0.25) is 4.79 Å². The topological polar surface area (TPSA) is 71.3 Å². The molecule has 0 aliphatic heterocycles. The number of benzene rings is 3. The summed E-state index contributed by atoms with van der Waals surface area (Å²) in [4.78, 5) is 24.6. The summed E-state index contributed by atoms with van der Waals surface area (Å²) in [6, 6.07) is 25.7. The Morgan fingerprint density at radius 1 is 0.741 bits per heavy atom. The van der Waals surface area contributed by atoms with Crippen LogP contribution >= 0.6 is 0 Å². The van der Waals surface area contributed by atoms with Crippen molar-refractivity contribution in [3.05, 3.63) is 101 Å². The highest BCUT2D eigenvalue weighted by Crippen LogP contribution is 2.19. The Hall–Kier alpha value is -3.86. The maximum atomic E-state index is 12.5. The molecule has 27 heavy (non-hydrogen) atoms. The molecule has 0 atom stereocenters. The van der Waals surface area contributed by atoms with E-state index >= 15 is 0 Å². The summed E-state index contributed by atoms with van der Waals surface area (Å²) in [6.45, 7) is 0. The van der Waals surface area contributed by atoms with Gasteiger partial charge in [0.05, 0.1) is 0 Å². The highest BCUT2D eigenvalue weighted by molar-refractivity contribution is 6.05. The predicted octanol–water partition coefficient (Wildman–Crippen LogP) is 4.79. The van der Waals surface area contributed by atoms with Crippen LogP contribution in [0.15, 0.2) is 94.1 Å². The van der Waals surface area contributed by atoms with Crippen molar-refractivity contribution < 1.29 is 9.21 Å². The van der Waals surface area contributed by atoms with Crippen molar-refractivity contribution in [1.82, 2.24) is 0 Å². The van der Waals surface area contributed by atoms with E-state index < -0.39 is 11.5 Å². The summed E-state index contributed by atoms with van der Waals surface area (Å²) in [7, 11) is 0. The lowest BCUT2D eigenvalue weighted by atomic mass is 10.1. The van der Waals surface area contributed by atoms with E-state index in [9.17, 15) is 9.59 Å². The van der Waals surface area contributed by atoms with Crippen LogP contribution in [-0.4, -0.2) is 5.91 Å². The van der Waals surface area contributed by atoms with Gasteiger partial charge in [-0.05, 0) is 48.5 Å². The fourth-order valence-electron chi connectivity index (χ4n) is 2.74. The highest BCUT2D eigenvalue weighted by Gasteiger charge is 2.13. The van der Waals surface area contributed by atoms with E-state index in [1.54, 1.807) is 36.4 Å². The molecule has 132 valence electrons. The van der Waals surface area contributed by atoms with Crippen LogP contribution in [0.25, 0.3) is 11.0 Å². The van der Waals surface area contributed by atoms with Gasteiger partial charge >= 0.3 is 5.63 Å². The van der Waals surface area contributed by atoms with Crippen LogP contribution in [0.1, 0.15) is 10.4 Å². The molecule has 0 saturated heterocycles. The van der Waals surface area contributed by atoms with E-state index in [0.717, 1.165) is 11.4 Å². The lowest BCUT2D eigenvalue weighted by Gasteiger charge is -2.08. The van der Waals surface area contributed by atoms with Crippen molar-refractivity contribution >= 4 is 33.9 Å². The minimum absolute atomic E-state index is 0.0276. The first-order valence-electron chi connectivity index (χ1n) is 8.45. The number of rotatable bonds is 4. The second kappa shape index (κ2) is 7.17. The first kappa shape index (κ1) is 16.6. The third-order valence-corrected chi connectivity index (χ3v) is 4.09. The quantitative estimate of drug-likeness (QED) is 0.516. The van der Waals surface area contributed by atoms with Gasteiger partial charge < -0.3 is 15.1 Å². The fourth-order valence-corrected chi connectivity index (χ4v) is 2.74. The lowest BCUT2D eigenvalue weighted by molar-refractivity contribution is 0.102. The van der Waals surface area contributed by atoms with E-state index in [2.05, 4.69) is 10.6 Å². The van der Waals surface area contributed by atoms with Gasteiger partial charge in [-0.15, -0.1) is 0 Å². The number of carbonyl (C=O) groups is 1. The molecule has 4 aromatic rings. The van der Waals surface area contributed by atoms with E-state index in [1.165, 1.54) is 0 Å². The van der Waals surface area contributed by atoms with Crippen molar-refractivity contribution in [2.45, 2.75) is 0 Å². The highest BCUT2D eigenvalue weighted by atomic mass is 16.4. The van der Waals surface area contributed by atoms with Crippen molar-refractivity contribution in [2.75, 3.05) is 10.6 Å². The average Bonchev–Trinajstić information content (AvgIpc) is 2.69. The molecular weight excluding hydrogens is 340 g/mol. The normalized spacial score (nSPS) is 10.5. The zero-order valence-electron chi connectivity index (χ0n) is 14.3. The van der Waals surface area contributed by atoms with Gasteiger partial charge in [-0.2, -0.15) is 0 Å². The Morgan fingerprint density at radius 3 is 2.15 bits per heavy atom. The summed E-state index contributed by atoms with van der Waals surface area (Å²) >= 11 is 0. The van der Waals surface area contributed by atoms with Gasteiger partial charge in [0, 0.05) is 22.4 Å². The summed E-state index contributed by atoms with van der Waals surface area (Å²) < 4.78 is 5.21. The second-order valence-corrected chi connectivity index (χ2v) is 6.01. The van der Waals surface area contributed by atoms with Crippen LogP contribution in [0.2, 0.25) is 0 Å². The van der Waals surface area contributed by atoms with Crippen LogP contribution < -0.4 is 16.3 Å². The Labute approximate surface area is 155 Å². The maximum Gasteiger partial charge on any atom is 0.349 e. The van der Waals surface area contributed by atoms with Gasteiger partial charge in [0.1, 0.15) is 11.1 Å². The fraction of sp³-hybridized carbons (Fsp3) is 0. The van der Waals surface area contributed by atoms with Gasteiger partial charge in [0.15, 0.2) is 0 Å². The minimum atomic E-state index is -0.659. The summed E-state index contributed by atoms with van der Waals surface area (Å²) in [5.41, 5.74) is 2.22. The van der Waals surface area contributed by atoms with Gasteiger partial charge in [0.25, 0.3) is 5.91 Å². The molecule has 0 aliphatic carbocycles. The van der Waals surface area contributed by atoms with Crippen LogP contribution in [-0.2, 0) is 0 Å². The van der Waals surface area contributed by atoms with Gasteiger partial charge in [0.2, 0.25) is 0 Å². The molecule has 0 bridgehead atoms. The zero-order chi connectivity index (χ0) is 18.6. The largest absolute Gasteiger partial charge is 0.422 e. The van der Waals surface area contributed by atoms with E-state index in [1.807, 2.05) is 48.5 Å². The Bertz CT molecular complexity index is 1150. The van der Waals surface area contributed by atoms with Crippen molar-refractivity contribution in [1.29, 1.82) is 0 Å². The standard InChI is InChI=1S/C22H16N2O3/c25-21(19-14-15-6-4-5-9-20(15)27-22(19)26)24-18-12-10-17(11-13-18)23-16-7-2-1-3-8-16/h1-14,23H,(H,24,25). The molecule has 0 unspecified atom stereocenters. The number of anilines is 3. The Kier molecular flexibility index (Phi) is 4.41. The van der Waals surface area contributed by atoms with E-state index in [0.29, 0.717) is 16.7 Å². The van der Waals surface area contributed by atoms with E-state index in [4.69, 9.17) is 4.42 Å². The molecule has 5 heteroatoms. The number of nitrogens with one attached hydrogen (secondary N) is 2. The molecule has 0 saturated carbocycles. The molecule has 2 N–H and O–H groups in total. The average molecular weight is 356 g/mol. The summed E-state index contributed by atoms with van der Waals surface area (Å²) in [6.07, 6.45) is 0. The Morgan fingerprint density at radius 2 is 1.37 bits per heavy atom. The number of carbonyl (C=O) groups excluding carboxylic acids is 1. The molecule has 0 spiro atoms. The third kappa shape index (κ3) is 3.72. The molecule has 3 aromatic carbocycles. The van der Waals surface area contributed by atoms with Crippen molar-refractivity contribution in [3.63, 3.8) is 0 Å². The molecule has 5 nitrogen and oxygen atoms in total. The number of amides is 1. The molecule has 1 amide bonds. The number of fused-ring (bicyclic) bond motifs is 1. The van der Waals surface area contributed by atoms with Crippen molar-refractivity contribution in [2.24, 2.45) is 0 Å². The first-order valence-corrected chi connectivity index (χ1v) is 8.45. The molecule has 1 aromatic heterocycles. The zero-order valence-corrected chi connectivity index (χ0v) is 14.3. The maximum absolute atomic E-state index is 12.5. The number of hydrogen-bond acceptors (Lipinski definition) is 4. The van der Waals surface area contributed by atoms with Crippen LogP contribution in [0.4, 0.5) is 17.1 Å². The van der Waals surface area contributed by atoms with Gasteiger partial charge in [-0.1, -0.05) is 36.4 Å². The third-order valence-electron chi connectivity index (χ3n) is 4.09. The summed E-state index contributed by atoms with van der Waals surface area (Å²) in [5, 5.41) is 6.69. The lowest BCUT2D eigenvalue weighted by Crippen LogP contribution is -2.20. The second-order valence-electron chi connectivity index (χ2n) is 6.01. The predicted molar refractivity (Wildman–Crippen MR) is 107 cm³/mol. The number of hydrogen-bond donors (Lipinski definition) is 2. The SMILES string of the molecule is O=C(Nc1ccc(Nc2ccccc2)cc1)c1cc2ccccc2oc1=O. The van der Waals surface area contributed by atoms with E-state index in [-0.39, 0.29) is 5.56 Å². The minimum Gasteiger partial charge on any atom is -0.422 e. The summed E-state index contributed by atoms with van der Waals surface area (Å²) in [5.74, 6) is -0.502. The van der Waals surface area contributed by atoms with Crippen molar-refractivity contribution in [3.8, 4) is 0 Å². The number of para-hydroxylation sites is 2. The van der Waals surface area contributed by atoms with Crippen LogP contribution in [0, 0.1) is 0 Å².